The van der Waals surface area contributed by atoms with Gasteiger partial charge in [-0.1, -0.05) is 38.0 Å². The first-order valence-electron chi connectivity index (χ1n) is 6.80. The van der Waals surface area contributed by atoms with E-state index in [0.717, 1.165) is 5.52 Å². The van der Waals surface area contributed by atoms with E-state index >= 15 is 0 Å². The van der Waals surface area contributed by atoms with Crippen LogP contribution in [-0.2, 0) is 0 Å². The van der Waals surface area contributed by atoms with E-state index in [1.54, 1.807) is 0 Å². The monoisotopic (exact) mass is 240 g/mol. The van der Waals surface area contributed by atoms with E-state index in [2.05, 4.69) is 36.2 Å². The van der Waals surface area contributed by atoms with E-state index in [0.29, 0.717) is 0 Å². The van der Waals surface area contributed by atoms with Gasteiger partial charge in [-0.3, -0.25) is 4.98 Å². The molecule has 94 valence electrons. The third-order valence-corrected chi connectivity index (χ3v) is 4.51. The van der Waals surface area contributed by atoms with Crippen LogP contribution in [0.2, 0.25) is 0 Å². The van der Waals surface area contributed by atoms with Gasteiger partial charge in [0.15, 0.2) is 0 Å². The van der Waals surface area contributed by atoms with Crippen LogP contribution in [0.4, 0.5) is 0 Å². The Labute approximate surface area is 108 Å². The number of rotatable bonds is 2. The van der Waals surface area contributed by atoms with Gasteiger partial charge >= 0.3 is 0 Å². The smallest absolute Gasteiger partial charge is 0.0705 e. The fourth-order valence-corrected chi connectivity index (χ4v) is 3.27. The standard InChI is InChI=1S/C16H20N2/c1-16(9-2-3-10-16)15(17)13-6-4-8-14-12(13)7-5-11-18-14/h4-8,11,15H,2-3,9-10,17H2,1H3. The van der Waals surface area contributed by atoms with Crippen LogP contribution in [0.5, 0.6) is 0 Å². The first-order valence-corrected chi connectivity index (χ1v) is 6.80. The van der Waals surface area contributed by atoms with Crippen molar-refractivity contribution in [2.24, 2.45) is 11.1 Å². The maximum absolute atomic E-state index is 6.57. The van der Waals surface area contributed by atoms with Gasteiger partial charge in [0.25, 0.3) is 0 Å². The van der Waals surface area contributed by atoms with Gasteiger partial charge in [-0.05, 0) is 36.0 Å². The third kappa shape index (κ3) is 1.81. The number of pyridine rings is 1. The van der Waals surface area contributed by atoms with Gasteiger partial charge in [0.2, 0.25) is 0 Å². The Hall–Kier alpha value is -1.41. The van der Waals surface area contributed by atoms with Crippen molar-refractivity contribution in [1.82, 2.24) is 4.98 Å². The average molecular weight is 240 g/mol. The molecule has 1 unspecified atom stereocenters. The summed E-state index contributed by atoms with van der Waals surface area (Å²) in [4.78, 5) is 4.42. The summed E-state index contributed by atoms with van der Waals surface area (Å²) in [7, 11) is 0. The lowest BCUT2D eigenvalue weighted by atomic mass is 9.77. The van der Waals surface area contributed by atoms with Crippen molar-refractivity contribution in [3.63, 3.8) is 0 Å². The Morgan fingerprint density at radius 2 is 1.94 bits per heavy atom. The van der Waals surface area contributed by atoms with E-state index in [4.69, 9.17) is 5.73 Å². The van der Waals surface area contributed by atoms with Crippen LogP contribution in [-0.4, -0.2) is 4.98 Å². The molecule has 1 atom stereocenters. The zero-order valence-electron chi connectivity index (χ0n) is 10.9. The fraction of sp³-hybridized carbons (Fsp3) is 0.438. The van der Waals surface area contributed by atoms with Crippen LogP contribution in [0.1, 0.15) is 44.2 Å². The molecule has 1 aliphatic carbocycles. The molecule has 2 heteroatoms. The first kappa shape index (κ1) is 11.7. The number of hydrogen-bond acceptors (Lipinski definition) is 2. The minimum Gasteiger partial charge on any atom is -0.323 e. The number of nitrogens with two attached hydrogens (primary N) is 1. The molecule has 0 bridgehead atoms. The van der Waals surface area contributed by atoms with E-state index in [1.165, 1.54) is 36.6 Å². The van der Waals surface area contributed by atoms with Crippen molar-refractivity contribution >= 4 is 10.9 Å². The molecule has 1 aliphatic rings. The summed E-state index contributed by atoms with van der Waals surface area (Å²) in [5.74, 6) is 0. The van der Waals surface area contributed by atoms with Gasteiger partial charge < -0.3 is 5.73 Å². The molecule has 1 aromatic carbocycles. The van der Waals surface area contributed by atoms with E-state index in [1.807, 2.05) is 12.3 Å². The molecule has 1 aromatic heterocycles. The molecular weight excluding hydrogens is 220 g/mol. The van der Waals surface area contributed by atoms with Crippen molar-refractivity contribution in [2.45, 2.75) is 38.6 Å². The van der Waals surface area contributed by atoms with E-state index in [-0.39, 0.29) is 11.5 Å². The van der Waals surface area contributed by atoms with Crippen molar-refractivity contribution in [3.05, 3.63) is 42.1 Å². The van der Waals surface area contributed by atoms with E-state index < -0.39 is 0 Å². The van der Waals surface area contributed by atoms with Crippen molar-refractivity contribution in [3.8, 4) is 0 Å². The second-order valence-electron chi connectivity index (χ2n) is 5.76. The highest BCUT2D eigenvalue weighted by Crippen LogP contribution is 2.46. The highest BCUT2D eigenvalue weighted by atomic mass is 14.7. The Morgan fingerprint density at radius 1 is 1.17 bits per heavy atom. The molecule has 0 radical (unpaired) electrons. The van der Waals surface area contributed by atoms with Gasteiger partial charge in [-0.25, -0.2) is 0 Å². The molecule has 1 heterocycles. The molecule has 2 nitrogen and oxygen atoms in total. The molecule has 0 spiro atoms. The van der Waals surface area contributed by atoms with Gasteiger partial charge in [0.1, 0.15) is 0 Å². The summed E-state index contributed by atoms with van der Waals surface area (Å²) in [5.41, 5.74) is 9.13. The summed E-state index contributed by atoms with van der Waals surface area (Å²) in [5, 5.41) is 1.21. The number of nitrogens with zero attached hydrogens (tertiary/aromatic N) is 1. The molecule has 1 saturated carbocycles. The average Bonchev–Trinajstić information content (AvgIpc) is 2.85. The normalized spacial score (nSPS) is 20.1. The fourth-order valence-electron chi connectivity index (χ4n) is 3.27. The maximum Gasteiger partial charge on any atom is 0.0705 e. The molecule has 1 fully saturated rings. The van der Waals surface area contributed by atoms with Gasteiger partial charge in [-0.15, -0.1) is 0 Å². The quantitative estimate of drug-likeness (QED) is 0.866. The van der Waals surface area contributed by atoms with E-state index in [9.17, 15) is 0 Å². The van der Waals surface area contributed by atoms with Crippen LogP contribution in [0, 0.1) is 5.41 Å². The molecule has 2 N–H and O–H groups in total. The Morgan fingerprint density at radius 3 is 2.72 bits per heavy atom. The van der Waals surface area contributed by atoms with Crippen LogP contribution in [0.3, 0.4) is 0 Å². The predicted octanol–water partition coefficient (Wildman–Crippen LogP) is 3.81. The highest BCUT2D eigenvalue weighted by Gasteiger charge is 2.36. The largest absolute Gasteiger partial charge is 0.323 e. The molecule has 3 rings (SSSR count). The second-order valence-corrected chi connectivity index (χ2v) is 5.76. The maximum atomic E-state index is 6.57. The number of benzene rings is 1. The van der Waals surface area contributed by atoms with Crippen LogP contribution in [0.15, 0.2) is 36.5 Å². The zero-order chi connectivity index (χ0) is 12.6. The summed E-state index contributed by atoms with van der Waals surface area (Å²) in [6.07, 6.45) is 6.95. The molecular formula is C16H20N2. The number of fused-ring (bicyclic) bond motifs is 1. The lowest BCUT2D eigenvalue weighted by molar-refractivity contribution is 0.267. The SMILES string of the molecule is CC1(C(N)c2cccc3ncccc23)CCCC1. The number of hydrogen-bond donors (Lipinski definition) is 1. The lowest BCUT2D eigenvalue weighted by Gasteiger charge is -2.32. The van der Waals surface area contributed by atoms with Crippen LogP contribution < -0.4 is 5.73 Å². The van der Waals surface area contributed by atoms with Crippen molar-refractivity contribution in [1.29, 1.82) is 0 Å². The zero-order valence-corrected chi connectivity index (χ0v) is 10.9. The molecule has 2 aromatic rings. The number of aromatic nitrogens is 1. The molecule has 0 aliphatic heterocycles. The second kappa shape index (κ2) is 4.36. The first-order chi connectivity index (χ1) is 8.71. The Kier molecular flexibility index (Phi) is 2.83. The Balaban J connectivity index is 2.08. The topological polar surface area (TPSA) is 38.9 Å². The van der Waals surface area contributed by atoms with Gasteiger partial charge in [0.05, 0.1) is 5.52 Å². The Bertz CT molecular complexity index is 551. The molecule has 18 heavy (non-hydrogen) atoms. The predicted molar refractivity (Wildman–Crippen MR) is 75.2 cm³/mol. The lowest BCUT2D eigenvalue weighted by Crippen LogP contribution is -2.29. The summed E-state index contributed by atoms with van der Waals surface area (Å²) >= 11 is 0. The highest BCUT2D eigenvalue weighted by molar-refractivity contribution is 5.82. The van der Waals surface area contributed by atoms with Gasteiger partial charge in [0, 0.05) is 17.6 Å². The van der Waals surface area contributed by atoms with Crippen LogP contribution in [0.25, 0.3) is 10.9 Å². The summed E-state index contributed by atoms with van der Waals surface area (Å²) in [6, 6.07) is 10.5. The summed E-state index contributed by atoms with van der Waals surface area (Å²) < 4.78 is 0. The van der Waals surface area contributed by atoms with Crippen LogP contribution >= 0.6 is 0 Å². The minimum atomic E-state index is 0.118. The van der Waals surface area contributed by atoms with Crippen molar-refractivity contribution in [2.75, 3.05) is 0 Å². The molecule has 0 saturated heterocycles. The molecule has 0 amide bonds. The van der Waals surface area contributed by atoms with Gasteiger partial charge in [-0.2, -0.15) is 0 Å². The minimum absolute atomic E-state index is 0.118. The summed E-state index contributed by atoms with van der Waals surface area (Å²) in [6.45, 7) is 2.33. The van der Waals surface area contributed by atoms with Crippen molar-refractivity contribution < 1.29 is 0 Å². The third-order valence-electron chi connectivity index (χ3n) is 4.51.